The van der Waals surface area contributed by atoms with Crippen molar-refractivity contribution >= 4 is 17.8 Å². The molecular weight excluding hydrogens is 358 g/mol. The SMILES string of the molecule is CCNC(=O)N1CCC2(CCn3nc(-c4cnc(N)c(C(=O)NC)c4)cc32)C1. The third-order valence-corrected chi connectivity index (χ3v) is 5.78. The Balaban J connectivity index is 1.63. The highest BCUT2D eigenvalue weighted by Crippen LogP contribution is 2.43. The van der Waals surface area contributed by atoms with Gasteiger partial charge in [-0.05, 0) is 31.9 Å². The Morgan fingerprint density at radius 2 is 2.07 bits per heavy atom. The number of nitrogen functional groups attached to an aromatic ring is 1. The molecule has 4 N–H and O–H groups in total. The Bertz CT molecular complexity index is 938. The van der Waals surface area contributed by atoms with E-state index in [1.807, 2.05) is 16.5 Å². The monoisotopic (exact) mass is 383 g/mol. The minimum atomic E-state index is -0.275. The molecule has 9 heteroatoms. The Morgan fingerprint density at radius 3 is 2.82 bits per heavy atom. The third kappa shape index (κ3) is 2.87. The fraction of sp³-hybridized carbons (Fsp3) is 0.474. The predicted octanol–water partition coefficient (Wildman–Crippen LogP) is 0.964. The maximum absolute atomic E-state index is 12.2. The molecule has 28 heavy (non-hydrogen) atoms. The fourth-order valence-corrected chi connectivity index (χ4v) is 4.26. The molecule has 1 unspecified atom stereocenters. The van der Waals surface area contributed by atoms with Gasteiger partial charge in [-0.25, -0.2) is 9.78 Å². The minimum absolute atomic E-state index is 0.00415. The number of carbonyl (C=O) groups excluding carboxylic acids is 2. The van der Waals surface area contributed by atoms with Crippen molar-refractivity contribution in [2.45, 2.75) is 31.7 Å². The highest BCUT2D eigenvalue weighted by molar-refractivity contribution is 5.99. The number of amides is 3. The summed E-state index contributed by atoms with van der Waals surface area (Å²) in [6, 6.07) is 3.78. The number of hydrogen-bond acceptors (Lipinski definition) is 5. The fourth-order valence-electron chi connectivity index (χ4n) is 4.26. The molecular formula is C19H25N7O2. The van der Waals surface area contributed by atoms with E-state index < -0.39 is 0 Å². The van der Waals surface area contributed by atoms with Gasteiger partial charge < -0.3 is 21.3 Å². The van der Waals surface area contributed by atoms with Crippen molar-refractivity contribution in [2.75, 3.05) is 32.4 Å². The molecule has 0 aliphatic carbocycles. The van der Waals surface area contributed by atoms with Gasteiger partial charge in [0, 0.05) is 56.1 Å². The minimum Gasteiger partial charge on any atom is -0.383 e. The summed E-state index contributed by atoms with van der Waals surface area (Å²) in [5.41, 5.74) is 8.79. The summed E-state index contributed by atoms with van der Waals surface area (Å²) >= 11 is 0. The molecule has 1 fully saturated rings. The standard InChI is InChI=1S/C19H25N7O2/c1-3-22-18(28)25-6-4-19(11-25)5-7-26-15(19)9-14(24-26)12-8-13(17(27)21-2)16(20)23-10-12/h8-10H,3-7,11H2,1-2H3,(H2,20,23)(H,21,27)(H,22,28). The van der Waals surface area contributed by atoms with Crippen molar-refractivity contribution in [3.05, 3.63) is 29.6 Å². The van der Waals surface area contributed by atoms with Gasteiger partial charge >= 0.3 is 6.03 Å². The lowest BCUT2D eigenvalue weighted by Gasteiger charge is -2.23. The number of nitrogens with zero attached hydrogens (tertiary/aromatic N) is 4. The lowest BCUT2D eigenvalue weighted by Crippen LogP contribution is -2.40. The summed E-state index contributed by atoms with van der Waals surface area (Å²) in [5.74, 6) is -0.0804. The molecule has 2 aromatic heterocycles. The third-order valence-electron chi connectivity index (χ3n) is 5.78. The molecule has 0 bridgehead atoms. The smallest absolute Gasteiger partial charge is 0.317 e. The average Bonchev–Trinajstić information content (AvgIpc) is 3.39. The quantitative estimate of drug-likeness (QED) is 0.730. The van der Waals surface area contributed by atoms with Crippen LogP contribution in [0.25, 0.3) is 11.3 Å². The zero-order valence-corrected chi connectivity index (χ0v) is 16.2. The summed E-state index contributed by atoms with van der Waals surface area (Å²) in [7, 11) is 1.56. The normalized spacial score (nSPS) is 20.4. The van der Waals surface area contributed by atoms with Crippen LogP contribution in [0.3, 0.4) is 0 Å². The lowest BCUT2D eigenvalue weighted by molar-refractivity contribution is 0.0963. The van der Waals surface area contributed by atoms with E-state index in [4.69, 9.17) is 10.8 Å². The van der Waals surface area contributed by atoms with E-state index in [1.54, 1.807) is 19.3 Å². The molecule has 3 amide bonds. The first kappa shape index (κ1) is 18.3. The number of fused-ring (bicyclic) bond motifs is 2. The maximum Gasteiger partial charge on any atom is 0.317 e. The van der Waals surface area contributed by atoms with Crippen molar-refractivity contribution in [3.8, 4) is 11.3 Å². The molecule has 1 saturated heterocycles. The zero-order chi connectivity index (χ0) is 19.9. The largest absolute Gasteiger partial charge is 0.383 e. The van der Waals surface area contributed by atoms with Crippen LogP contribution >= 0.6 is 0 Å². The van der Waals surface area contributed by atoms with Gasteiger partial charge in [-0.1, -0.05) is 0 Å². The number of urea groups is 1. The number of hydrogen-bond donors (Lipinski definition) is 3. The van der Waals surface area contributed by atoms with E-state index in [0.717, 1.165) is 42.9 Å². The van der Waals surface area contributed by atoms with Crippen LogP contribution in [0.15, 0.2) is 18.3 Å². The van der Waals surface area contributed by atoms with Crippen LogP contribution in [0.5, 0.6) is 0 Å². The van der Waals surface area contributed by atoms with E-state index in [9.17, 15) is 9.59 Å². The van der Waals surface area contributed by atoms with Gasteiger partial charge in [0.15, 0.2) is 0 Å². The van der Waals surface area contributed by atoms with Gasteiger partial charge in [0.25, 0.3) is 5.91 Å². The Hall–Kier alpha value is -3.10. The Labute approximate surface area is 163 Å². The van der Waals surface area contributed by atoms with Gasteiger partial charge in [0.2, 0.25) is 0 Å². The van der Waals surface area contributed by atoms with Gasteiger partial charge in [-0.3, -0.25) is 9.48 Å². The van der Waals surface area contributed by atoms with E-state index in [1.165, 1.54) is 0 Å². The van der Waals surface area contributed by atoms with Crippen molar-refractivity contribution in [3.63, 3.8) is 0 Å². The molecule has 4 heterocycles. The van der Waals surface area contributed by atoms with Gasteiger partial charge in [0.1, 0.15) is 5.82 Å². The van der Waals surface area contributed by atoms with Crippen molar-refractivity contribution in [2.24, 2.45) is 0 Å². The number of aromatic nitrogens is 3. The first-order valence-corrected chi connectivity index (χ1v) is 9.56. The van der Waals surface area contributed by atoms with Gasteiger partial charge in [-0.2, -0.15) is 5.10 Å². The second kappa shape index (κ2) is 6.81. The van der Waals surface area contributed by atoms with Crippen molar-refractivity contribution in [1.82, 2.24) is 30.3 Å². The molecule has 9 nitrogen and oxygen atoms in total. The van der Waals surface area contributed by atoms with Crippen LogP contribution in [-0.4, -0.2) is 58.3 Å². The number of pyridine rings is 1. The Morgan fingerprint density at radius 1 is 1.29 bits per heavy atom. The number of carbonyl (C=O) groups is 2. The van der Waals surface area contributed by atoms with E-state index in [-0.39, 0.29) is 23.2 Å². The summed E-state index contributed by atoms with van der Waals surface area (Å²) in [6.07, 6.45) is 3.55. The molecule has 1 atom stereocenters. The number of rotatable bonds is 3. The summed E-state index contributed by atoms with van der Waals surface area (Å²) in [6.45, 7) is 4.82. The van der Waals surface area contributed by atoms with E-state index in [0.29, 0.717) is 18.7 Å². The summed E-state index contributed by atoms with van der Waals surface area (Å²) < 4.78 is 2.02. The molecule has 2 aliphatic rings. The van der Waals surface area contributed by atoms with Crippen LogP contribution < -0.4 is 16.4 Å². The second-order valence-corrected chi connectivity index (χ2v) is 7.41. The van der Waals surface area contributed by atoms with Crippen LogP contribution in [0.2, 0.25) is 0 Å². The predicted molar refractivity (Wildman–Crippen MR) is 105 cm³/mol. The van der Waals surface area contributed by atoms with Crippen molar-refractivity contribution < 1.29 is 9.59 Å². The first-order chi connectivity index (χ1) is 13.5. The molecule has 0 aromatic carbocycles. The number of nitrogens with two attached hydrogens (primary N) is 1. The molecule has 1 spiro atoms. The number of aryl methyl sites for hydroxylation is 1. The highest BCUT2D eigenvalue weighted by atomic mass is 16.2. The summed E-state index contributed by atoms with van der Waals surface area (Å²) in [4.78, 5) is 30.3. The van der Waals surface area contributed by atoms with Crippen molar-refractivity contribution in [1.29, 1.82) is 0 Å². The molecule has 0 saturated carbocycles. The van der Waals surface area contributed by atoms with Crippen LogP contribution in [0.4, 0.5) is 10.6 Å². The van der Waals surface area contributed by atoms with Crippen LogP contribution in [-0.2, 0) is 12.0 Å². The average molecular weight is 383 g/mol. The van der Waals surface area contributed by atoms with E-state index in [2.05, 4.69) is 21.7 Å². The Kier molecular flexibility index (Phi) is 4.44. The van der Waals surface area contributed by atoms with Gasteiger partial charge in [0.05, 0.1) is 11.3 Å². The van der Waals surface area contributed by atoms with E-state index >= 15 is 0 Å². The zero-order valence-electron chi connectivity index (χ0n) is 16.2. The number of likely N-dealkylation sites (tertiary alicyclic amines) is 1. The second-order valence-electron chi connectivity index (χ2n) is 7.41. The molecule has 2 aromatic rings. The topological polar surface area (TPSA) is 118 Å². The number of anilines is 1. The lowest BCUT2D eigenvalue weighted by atomic mass is 9.82. The molecule has 2 aliphatic heterocycles. The number of nitrogens with one attached hydrogen (secondary N) is 2. The molecule has 4 rings (SSSR count). The maximum atomic E-state index is 12.2. The highest BCUT2D eigenvalue weighted by Gasteiger charge is 2.46. The molecule has 0 radical (unpaired) electrons. The van der Waals surface area contributed by atoms with Crippen LogP contribution in [0, 0.1) is 0 Å². The first-order valence-electron chi connectivity index (χ1n) is 9.56. The summed E-state index contributed by atoms with van der Waals surface area (Å²) in [5, 5.41) is 10.2. The van der Waals surface area contributed by atoms with Crippen LogP contribution in [0.1, 0.15) is 35.8 Å². The molecule has 148 valence electrons. The van der Waals surface area contributed by atoms with Gasteiger partial charge in [-0.15, -0.1) is 0 Å².